The number of para-hydroxylation sites is 2. The Balaban J connectivity index is 1.80. The quantitative estimate of drug-likeness (QED) is 0.491. The van der Waals surface area contributed by atoms with Gasteiger partial charge in [0.25, 0.3) is 10.0 Å². The van der Waals surface area contributed by atoms with Crippen LogP contribution in [0.25, 0.3) is 11.0 Å². The van der Waals surface area contributed by atoms with E-state index in [4.69, 9.17) is 0 Å². The first kappa shape index (κ1) is 18.4. The van der Waals surface area contributed by atoms with Crippen LogP contribution in [0.4, 0.5) is 17.3 Å². The van der Waals surface area contributed by atoms with Crippen molar-refractivity contribution in [3.05, 3.63) is 71.1 Å². The Morgan fingerprint density at radius 2 is 1.61 bits per heavy atom. The van der Waals surface area contributed by atoms with Gasteiger partial charge in [-0.15, -0.1) is 11.3 Å². The average Bonchev–Trinajstić information content (AvgIpc) is 3.20. The molecule has 2 N–H and O–H groups in total. The molecule has 0 fully saturated rings. The average molecular weight is 411 g/mol. The fraction of sp³-hybridized carbons (Fsp3) is 0.100. The lowest BCUT2D eigenvalue weighted by Gasteiger charge is -2.15. The Labute approximate surface area is 167 Å². The maximum Gasteiger partial charge on any atom is 0.272 e. The number of benzene rings is 2. The molecule has 28 heavy (non-hydrogen) atoms. The molecule has 0 bridgehead atoms. The van der Waals surface area contributed by atoms with Crippen LogP contribution in [0.15, 0.2) is 64.2 Å². The first-order valence-corrected chi connectivity index (χ1v) is 11.0. The van der Waals surface area contributed by atoms with Crippen molar-refractivity contribution in [2.24, 2.45) is 0 Å². The van der Waals surface area contributed by atoms with Crippen LogP contribution in [0.1, 0.15) is 11.1 Å². The molecule has 0 spiro atoms. The number of fused-ring (bicyclic) bond motifs is 1. The molecule has 0 amide bonds. The Bertz CT molecular complexity index is 1250. The number of rotatable bonds is 5. The fourth-order valence-corrected chi connectivity index (χ4v) is 4.84. The summed E-state index contributed by atoms with van der Waals surface area (Å²) >= 11 is 1.15. The molecule has 2 aromatic carbocycles. The molecular formula is C20H18N4O2S2. The van der Waals surface area contributed by atoms with Crippen LogP contribution < -0.4 is 10.0 Å². The minimum absolute atomic E-state index is 0.159. The zero-order valence-electron chi connectivity index (χ0n) is 15.3. The van der Waals surface area contributed by atoms with E-state index in [1.807, 2.05) is 50.2 Å². The predicted octanol–water partition coefficient (Wildman–Crippen LogP) is 4.85. The van der Waals surface area contributed by atoms with Gasteiger partial charge in [-0.3, -0.25) is 4.72 Å². The van der Waals surface area contributed by atoms with Crippen LogP contribution in [0.3, 0.4) is 0 Å². The van der Waals surface area contributed by atoms with E-state index in [0.29, 0.717) is 16.9 Å². The minimum Gasteiger partial charge on any atom is -0.337 e. The molecule has 0 radical (unpaired) electrons. The largest absolute Gasteiger partial charge is 0.337 e. The van der Waals surface area contributed by atoms with Crippen molar-refractivity contribution < 1.29 is 8.42 Å². The van der Waals surface area contributed by atoms with Crippen molar-refractivity contribution in [1.29, 1.82) is 0 Å². The van der Waals surface area contributed by atoms with E-state index < -0.39 is 10.0 Å². The highest BCUT2D eigenvalue weighted by Crippen LogP contribution is 2.29. The van der Waals surface area contributed by atoms with Gasteiger partial charge in [-0.25, -0.2) is 18.4 Å². The normalized spacial score (nSPS) is 11.5. The van der Waals surface area contributed by atoms with Gasteiger partial charge in [-0.2, -0.15) is 0 Å². The zero-order valence-corrected chi connectivity index (χ0v) is 16.9. The van der Waals surface area contributed by atoms with Gasteiger partial charge in [-0.05, 0) is 49.1 Å². The van der Waals surface area contributed by atoms with E-state index in [1.54, 1.807) is 23.6 Å². The lowest BCUT2D eigenvalue weighted by atomic mass is 10.1. The summed E-state index contributed by atoms with van der Waals surface area (Å²) in [4.78, 5) is 9.11. The number of nitrogens with zero attached hydrogens (tertiary/aromatic N) is 2. The fourth-order valence-electron chi connectivity index (χ4n) is 2.83. The van der Waals surface area contributed by atoms with Crippen molar-refractivity contribution in [3.63, 3.8) is 0 Å². The first-order chi connectivity index (χ1) is 13.4. The van der Waals surface area contributed by atoms with E-state index in [1.165, 1.54) is 0 Å². The lowest BCUT2D eigenvalue weighted by molar-refractivity contribution is 0.603. The second kappa shape index (κ2) is 7.21. The Morgan fingerprint density at radius 1 is 0.893 bits per heavy atom. The van der Waals surface area contributed by atoms with Crippen LogP contribution in [-0.2, 0) is 10.0 Å². The second-order valence-corrected chi connectivity index (χ2v) is 9.25. The van der Waals surface area contributed by atoms with E-state index in [-0.39, 0.29) is 10.0 Å². The Morgan fingerprint density at radius 3 is 2.25 bits per heavy atom. The number of hydrogen-bond acceptors (Lipinski definition) is 6. The zero-order chi connectivity index (χ0) is 19.7. The number of hydrogen-bond donors (Lipinski definition) is 2. The number of sulfonamides is 1. The summed E-state index contributed by atoms with van der Waals surface area (Å²) in [5.41, 5.74) is 4.30. The summed E-state index contributed by atoms with van der Waals surface area (Å²) in [6.45, 7) is 4.01. The molecule has 8 heteroatoms. The summed E-state index contributed by atoms with van der Waals surface area (Å²) in [5, 5.41) is 4.95. The van der Waals surface area contributed by atoms with E-state index >= 15 is 0 Å². The van der Waals surface area contributed by atoms with Crippen molar-refractivity contribution in [3.8, 4) is 0 Å². The third-order valence-corrected chi connectivity index (χ3v) is 6.93. The summed E-state index contributed by atoms with van der Waals surface area (Å²) < 4.78 is 28.2. The van der Waals surface area contributed by atoms with Gasteiger partial charge in [-0.1, -0.05) is 35.9 Å². The van der Waals surface area contributed by atoms with Crippen molar-refractivity contribution in [2.75, 3.05) is 10.0 Å². The molecule has 2 aromatic heterocycles. The Kier molecular flexibility index (Phi) is 4.74. The smallest absolute Gasteiger partial charge is 0.272 e. The highest BCUT2D eigenvalue weighted by molar-refractivity contribution is 7.94. The van der Waals surface area contributed by atoms with Gasteiger partial charge in [0.1, 0.15) is 4.21 Å². The molecule has 0 atom stereocenters. The van der Waals surface area contributed by atoms with Gasteiger partial charge in [0.15, 0.2) is 11.6 Å². The van der Waals surface area contributed by atoms with Crippen LogP contribution in [-0.4, -0.2) is 18.4 Å². The topological polar surface area (TPSA) is 84.0 Å². The van der Waals surface area contributed by atoms with E-state index in [2.05, 4.69) is 20.0 Å². The van der Waals surface area contributed by atoms with Crippen molar-refractivity contribution >= 4 is 49.7 Å². The molecular weight excluding hydrogens is 392 g/mol. The number of aryl methyl sites for hydroxylation is 2. The van der Waals surface area contributed by atoms with Gasteiger partial charge < -0.3 is 5.32 Å². The molecule has 4 rings (SSSR count). The molecule has 0 saturated heterocycles. The highest BCUT2D eigenvalue weighted by Gasteiger charge is 2.20. The molecule has 0 unspecified atom stereocenters. The van der Waals surface area contributed by atoms with Gasteiger partial charge in [0, 0.05) is 5.69 Å². The third kappa shape index (κ3) is 3.69. The molecule has 6 nitrogen and oxygen atoms in total. The number of aromatic nitrogens is 2. The molecule has 4 aromatic rings. The van der Waals surface area contributed by atoms with Crippen molar-refractivity contribution in [2.45, 2.75) is 18.1 Å². The summed E-state index contributed by atoms with van der Waals surface area (Å²) in [7, 11) is -3.74. The van der Waals surface area contributed by atoms with Crippen molar-refractivity contribution in [1.82, 2.24) is 9.97 Å². The maximum absolute atomic E-state index is 12.7. The summed E-state index contributed by atoms with van der Waals surface area (Å²) in [6, 6.07) is 16.6. The van der Waals surface area contributed by atoms with Gasteiger partial charge in [0.05, 0.1) is 11.0 Å². The van der Waals surface area contributed by atoms with Crippen LogP contribution in [0.2, 0.25) is 0 Å². The van der Waals surface area contributed by atoms with E-state index in [9.17, 15) is 8.42 Å². The summed E-state index contributed by atoms with van der Waals surface area (Å²) in [6.07, 6.45) is 0. The number of thiophene rings is 1. The molecule has 0 aliphatic rings. The first-order valence-electron chi connectivity index (χ1n) is 8.60. The summed E-state index contributed by atoms with van der Waals surface area (Å²) in [5.74, 6) is 0.512. The van der Waals surface area contributed by atoms with Crippen LogP contribution in [0.5, 0.6) is 0 Å². The standard InChI is InChI=1S/C20H18N4O2S2/c1-13-9-10-15(14(2)12-13)21-19-20(23-17-7-4-3-6-16(17)22-19)24-28(25,26)18-8-5-11-27-18/h3-12H,1-2H3,(H,21,22)(H,23,24). The minimum atomic E-state index is -3.74. The predicted molar refractivity (Wildman–Crippen MR) is 114 cm³/mol. The molecule has 142 valence electrons. The van der Waals surface area contributed by atoms with Gasteiger partial charge in [0.2, 0.25) is 0 Å². The lowest BCUT2D eigenvalue weighted by Crippen LogP contribution is -2.15. The highest BCUT2D eigenvalue weighted by atomic mass is 32.2. The second-order valence-electron chi connectivity index (χ2n) is 6.39. The molecule has 0 aliphatic carbocycles. The number of nitrogens with one attached hydrogen (secondary N) is 2. The molecule has 0 aliphatic heterocycles. The third-order valence-electron chi connectivity index (χ3n) is 4.20. The monoisotopic (exact) mass is 410 g/mol. The molecule has 0 saturated carbocycles. The Hall–Kier alpha value is -2.97. The maximum atomic E-state index is 12.7. The SMILES string of the molecule is Cc1ccc(Nc2nc3ccccc3nc2NS(=O)(=O)c2cccs2)c(C)c1. The number of anilines is 3. The molecule has 2 heterocycles. The van der Waals surface area contributed by atoms with E-state index in [0.717, 1.165) is 28.2 Å². The van der Waals surface area contributed by atoms with Crippen LogP contribution in [0, 0.1) is 13.8 Å². The van der Waals surface area contributed by atoms with Gasteiger partial charge >= 0.3 is 0 Å². The van der Waals surface area contributed by atoms with Crippen LogP contribution >= 0.6 is 11.3 Å².